The quantitative estimate of drug-likeness (QED) is 0.767. The normalized spacial score (nSPS) is 22.1. The van der Waals surface area contributed by atoms with Crippen molar-refractivity contribution in [2.45, 2.75) is 32.7 Å². The van der Waals surface area contributed by atoms with Gasteiger partial charge in [0.15, 0.2) is 0 Å². The number of carboxylic acid groups (broad SMARTS) is 1. The van der Waals surface area contributed by atoms with Gasteiger partial charge in [0.25, 0.3) is 0 Å². The van der Waals surface area contributed by atoms with Gasteiger partial charge in [-0.15, -0.1) is 0 Å². The van der Waals surface area contributed by atoms with Gasteiger partial charge in [0.05, 0.1) is 0 Å². The molecule has 0 aromatic heterocycles. The highest BCUT2D eigenvalue weighted by molar-refractivity contribution is 7.99. The summed E-state index contributed by atoms with van der Waals surface area (Å²) in [7, 11) is 0. The predicted molar refractivity (Wildman–Crippen MR) is 64.5 cm³/mol. The lowest BCUT2D eigenvalue weighted by Crippen LogP contribution is -2.44. The van der Waals surface area contributed by atoms with Crippen LogP contribution in [0.15, 0.2) is 0 Å². The summed E-state index contributed by atoms with van der Waals surface area (Å²) >= 11 is 1.75. The Morgan fingerprint density at radius 2 is 2.19 bits per heavy atom. The average Bonchev–Trinajstić information content (AvgIpc) is 2.68. The zero-order valence-corrected chi connectivity index (χ0v) is 10.5. The molecule has 16 heavy (non-hydrogen) atoms. The molecule has 92 valence electrons. The van der Waals surface area contributed by atoms with Crippen LogP contribution in [0, 0.1) is 11.8 Å². The number of thioether (sulfide) groups is 1. The molecule has 1 aliphatic heterocycles. The Kier molecular flexibility index (Phi) is 5.12. The first-order chi connectivity index (χ1) is 7.50. The number of amides is 1. The maximum atomic E-state index is 11.8. The third kappa shape index (κ3) is 4.04. The molecular formula is C11H19NO3S. The molecule has 0 bridgehead atoms. The number of carboxylic acids is 1. The van der Waals surface area contributed by atoms with E-state index in [0.717, 1.165) is 17.9 Å². The summed E-state index contributed by atoms with van der Waals surface area (Å²) in [6, 6.07) is -0.738. The van der Waals surface area contributed by atoms with Gasteiger partial charge in [0.1, 0.15) is 6.04 Å². The topological polar surface area (TPSA) is 66.4 Å². The third-order valence-electron chi connectivity index (χ3n) is 2.62. The largest absolute Gasteiger partial charge is 0.480 e. The van der Waals surface area contributed by atoms with Crippen LogP contribution in [0.5, 0.6) is 0 Å². The van der Waals surface area contributed by atoms with Gasteiger partial charge in [-0.2, -0.15) is 11.8 Å². The van der Waals surface area contributed by atoms with E-state index >= 15 is 0 Å². The number of nitrogens with one attached hydrogen (secondary N) is 1. The van der Waals surface area contributed by atoms with Crippen molar-refractivity contribution in [2.75, 3.05) is 11.5 Å². The molecule has 0 aromatic rings. The zero-order chi connectivity index (χ0) is 12.1. The predicted octanol–water partition coefficient (Wildman–Crippen LogP) is 1.35. The lowest BCUT2D eigenvalue weighted by molar-refractivity contribution is -0.142. The fraction of sp³-hybridized carbons (Fsp3) is 0.818. The van der Waals surface area contributed by atoms with Gasteiger partial charge in [-0.1, -0.05) is 13.8 Å². The molecule has 1 unspecified atom stereocenters. The lowest BCUT2D eigenvalue weighted by atomic mass is 10.0. The summed E-state index contributed by atoms with van der Waals surface area (Å²) in [6.07, 6.45) is 1.35. The van der Waals surface area contributed by atoms with Crippen molar-refractivity contribution in [2.24, 2.45) is 11.8 Å². The standard InChI is InChI=1S/C11H19NO3S/c1-7(2)5-9(11(14)15)12-10(13)8-3-4-16-6-8/h7-9H,3-6H2,1-2H3,(H,12,13)(H,14,15)/t8?,9-/m0/s1. The van der Waals surface area contributed by atoms with Crippen LogP contribution in [0.1, 0.15) is 26.7 Å². The van der Waals surface area contributed by atoms with E-state index in [-0.39, 0.29) is 17.7 Å². The molecule has 0 spiro atoms. The fourth-order valence-electron chi connectivity index (χ4n) is 1.72. The average molecular weight is 245 g/mol. The maximum Gasteiger partial charge on any atom is 0.326 e. The summed E-state index contributed by atoms with van der Waals surface area (Å²) in [4.78, 5) is 22.7. The smallest absolute Gasteiger partial charge is 0.326 e. The molecule has 1 aliphatic rings. The van der Waals surface area contributed by atoms with Crippen LogP contribution >= 0.6 is 11.8 Å². The molecular weight excluding hydrogens is 226 g/mol. The van der Waals surface area contributed by atoms with E-state index in [1.165, 1.54) is 0 Å². The molecule has 1 amide bonds. The number of aliphatic carboxylic acids is 1. The van der Waals surface area contributed by atoms with Gasteiger partial charge >= 0.3 is 5.97 Å². The summed E-state index contributed by atoms with van der Waals surface area (Å²) in [5, 5.41) is 11.6. The fourth-order valence-corrected chi connectivity index (χ4v) is 2.94. The number of hydrogen-bond acceptors (Lipinski definition) is 3. The molecule has 0 saturated carbocycles. The molecule has 1 fully saturated rings. The van der Waals surface area contributed by atoms with Crippen LogP contribution in [0.4, 0.5) is 0 Å². The van der Waals surface area contributed by atoms with Crippen molar-refractivity contribution in [1.29, 1.82) is 0 Å². The molecule has 1 rings (SSSR count). The Bertz CT molecular complexity index is 262. The van der Waals surface area contributed by atoms with Crippen molar-refractivity contribution in [3.8, 4) is 0 Å². The van der Waals surface area contributed by atoms with Gasteiger partial charge in [-0.05, 0) is 24.5 Å². The van der Waals surface area contributed by atoms with Gasteiger partial charge < -0.3 is 10.4 Å². The van der Waals surface area contributed by atoms with Crippen molar-refractivity contribution in [1.82, 2.24) is 5.32 Å². The van der Waals surface area contributed by atoms with Gasteiger partial charge in [-0.25, -0.2) is 4.79 Å². The van der Waals surface area contributed by atoms with Crippen LogP contribution in [-0.4, -0.2) is 34.5 Å². The highest BCUT2D eigenvalue weighted by Crippen LogP contribution is 2.23. The maximum absolute atomic E-state index is 11.8. The summed E-state index contributed by atoms with van der Waals surface area (Å²) in [5.41, 5.74) is 0. The van der Waals surface area contributed by atoms with E-state index in [9.17, 15) is 9.59 Å². The van der Waals surface area contributed by atoms with Crippen LogP contribution < -0.4 is 5.32 Å². The minimum absolute atomic E-state index is 0.000915. The van der Waals surface area contributed by atoms with E-state index in [4.69, 9.17) is 5.11 Å². The Morgan fingerprint density at radius 3 is 2.62 bits per heavy atom. The first kappa shape index (κ1) is 13.4. The van der Waals surface area contributed by atoms with E-state index in [2.05, 4.69) is 5.32 Å². The van der Waals surface area contributed by atoms with Crippen molar-refractivity contribution < 1.29 is 14.7 Å². The molecule has 0 aliphatic carbocycles. The lowest BCUT2D eigenvalue weighted by Gasteiger charge is -2.18. The molecule has 0 radical (unpaired) electrons. The molecule has 1 heterocycles. The SMILES string of the molecule is CC(C)C[C@H](NC(=O)C1CCSC1)C(=O)O. The second kappa shape index (κ2) is 6.13. The molecule has 1 saturated heterocycles. The number of carbonyl (C=O) groups is 2. The monoisotopic (exact) mass is 245 g/mol. The first-order valence-electron chi connectivity index (χ1n) is 5.61. The summed E-state index contributed by atoms with van der Waals surface area (Å²) < 4.78 is 0. The van der Waals surface area contributed by atoms with E-state index in [1.807, 2.05) is 13.8 Å². The van der Waals surface area contributed by atoms with Crippen LogP contribution in [0.3, 0.4) is 0 Å². The number of carbonyl (C=O) groups excluding carboxylic acids is 1. The summed E-state index contributed by atoms with van der Waals surface area (Å²) in [5.74, 6) is 1.05. The van der Waals surface area contributed by atoms with Gasteiger partial charge in [0.2, 0.25) is 5.91 Å². The molecule has 2 N–H and O–H groups in total. The summed E-state index contributed by atoms with van der Waals surface area (Å²) in [6.45, 7) is 3.90. The Hall–Kier alpha value is -0.710. The van der Waals surface area contributed by atoms with Gasteiger partial charge in [0, 0.05) is 11.7 Å². The second-order valence-electron chi connectivity index (χ2n) is 4.59. The molecule has 5 heteroatoms. The Morgan fingerprint density at radius 1 is 1.50 bits per heavy atom. The van der Waals surface area contributed by atoms with Gasteiger partial charge in [-0.3, -0.25) is 4.79 Å². The number of hydrogen-bond donors (Lipinski definition) is 2. The molecule has 4 nitrogen and oxygen atoms in total. The van der Waals surface area contributed by atoms with E-state index in [0.29, 0.717) is 6.42 Å². The second-order valence-corrected chi connectivity index (χ2v) is 5.74. The van der Waals surface area contributed by atoms with Crippen LogP contribution in [0.25, 0.3) is 0 Å². The molecule has 2 atom stereocenters. The highest BCUT2D eigenvalue weighted by atomic mass is 32.2. The zero-order valence-electron chi connectivity index (χ0n) is 9.73. The third-order valence-corrected chi connectivity index (χ3v) is 3.78. The van der Waals surface area contributed by atoms with Crippen molar-refractivity contribution in [3.63, 3.8) is 0 Å². The molecule has 0 aromatic carbocycles. The number of rotatable bonds is 5. The Labute approximate surface area is 100 Å². The highest BCUT2D eigenvalue weighted by Gasteiger charge is 2.27. The minimum atomic E-state index is -0.937. The minimum Gasteiger partial charge on any atom is -0.480 e. The van der Waals surface area contributed by atoms with Crippen molar-refractivity contribution >= 4 is 23.6 Å². The van der Waals surface area contributed by atoms with Crippen molar-refractivity contribution in [3.05, 3.63) is 0 Å². The van der Waals surface area contributed by atoms with Crippen LogP contribution in [-0.2, 0) is 9.59 Å². The van der Waals surface area contributed by atoms with E-state index in [1.54, 1.807) is 11.8 Å². The first-order valence-corrected chi connectivity index (χ1v) is 6.77. The van der Waals surface area contributed by atoms with Crippen LogP contribution in [0.2, 0.25) is 0 Å². The van der Waals surface area contributed by atoms with E-state index < -0.39 is 12.0 Å². The Balaban J connectivity index is 2.47.